The van der Waals surface area contributed by atoms with Gasteiger partial charge in [0.1, 0.15) is 5.66 Å². The van der Waals surface area contributed by atoms with Crippen LogP contribution < -0.4 is 5.32 Å². The van der Waals surface area contributed by atoms with Crippen LogP contribution in [-0.2, 0) is 0 Å². The largest absolute Gasteiger partial charge is 0.325 e. The van der Waals surface area contributed by atoms with Gasteiger partial charge in [-0.2, -0.15) is 10.2 Å². The predicted molar refractivity (Wildman–Crippen MR) is 70.5 cm³/mol. The maximum Gasteiger partial charge on any atom is 0.319 e. The normalized spacial score (nSPS) is 22.0. The third kappa shape index (κ3) is 3.68. The van der Waals surface area contributed by atoms with Crippen molar-refractivity contribution in [2.24, 2.45) is 10.2 Å². The van der Waals surface area contributed by atoms with Crippen LogP contribution in [0.4, 0.5) is 4.79 Å². The van der Waals surface area contributed by atoms with Crippen molar-refractivity contribution in [2.45, 2.75) is 64.1 Å². The van der Waals surface area contributed by atoms with Crippen molar-refractivity contribution in [3.05, 3.63) is 0 Å². The van der Waals surface area contributed by atoms with Crippen LogP contribution in [-0.4, -0.2) is 35.7 Å². The van der Waals surface area contributed by atoms with Gasteiger partial charge in [0, 0.05) is 13.1 Å². The number of amides is 2. The van der Waals surface area contributed by atoms with Crippen LogP contribution in [0.15, 0.2) is 10.2 Å². The summed E-state index contributed by atoms with van der Waals surface area (Å²) in [4.78, 5) is 13.6. The Bertz CT molecular complexity index is 317. The SMILES string of the molecule is CC(C)(/N=N/C1CCCCC1)NC(=O)N1CCC1. The molecule has 2 aliphatic rings. The molecular weight excluding hydrogens is 228 g/mol. The van der Waals surface area contributed by atoms with Crippen LogP contribution in [0, 0.1) is 0 Å². The Balaban J connectivity index is 1.81. The first-order chi connectivity index (χ1) is 8.57. The molecular formula is C13H24N4O. The van der Waals surface area contributed by atoms with E-state index in [1.807, 2.05) is 13.8 Å². The van der Waals surface area contributed by atoms with Gasteiger partial charge in [0.05, 0.1) is 6.04 Å². The monoisotopic (exact) mass is 252 g/mol. The molecule has 2 fully saturated rings. The fraction of sp³-hybridized carbons (Fsp3) is 0.923. The molecule has 0 aromatic rings. The fourth-order valence-corrected chi connectivity index (χ4v) is 2.31. The first-order valence-corrected chi connectivity index (χ1v) is 7.06. The molecule has 0 unspecified atom stereocenters. The number of hydrogen-bond donors (Lipinski definition) is 1. The van der Waals surface area contributed by atoms with E-state index < -0.39 is 5.66 Å². The highest BCUT2D eigenvalue weighted by atomic mass is 16.2. The molecule has 0 aromatic heterocycles. The minimum absolute atomic E-state index is 0.0196. The summed E-state index contributed by atoms with van der Waals surface area (Å²) >= 11 is 0. The van der Waals surface area contributed by atoms with Crippen LogP contribution in [0.5, 0.6) is 0 Å². The van der Waals surface area contributed by atoms with Gasteiger partial charge in [0.2, 0.25) is 0 Å². The molecule has 0 aromatic carbocycles. The van der Waals surface area contributed by atoms with E-state index in [4.69, 9.17) is 0 Å². The van der Waals surface area contributed by atoms with E-state index >= 15 is 0 Å². The Kier molecular flexibility index (Phi) is 4.19. The van der Waals surface area contributed by atoms with E-state index in [2.05, 4.69) is 15.5 Å². The van der Waals surface area contributed by atoms with Gasteiger partial charge in [-0.3, -0.25) is 0 Å². The molecule has 1 aliphatic heterocycles. The van der Waals surface area contributed by atoms with Crippen LogP contribution in [0.2, 0.25) is 0 Å². The Morgan fingerprint density at radius 1 is 1.17 bits per heavy atom. The minimum atomic E-state index is -0.593. The van der Waals surface area contributed by atoms with Crippen molar-refractivity contribution >= 4 is 6.03 Å². The van der Waals surface area contributed by atoms with Gasteiger partial charge in [-0.05, 0) is 33.1 Å². The van der Waals surface area contributed by atoms with E-state index in [0.717, 1.165) is 32.4 Å². The summed E-state index contributed by atoms with van der Waals surface area (Å²) in [6.07, 6.45) is 7.21. The van der Waals surface area contributed by atoms with E-state index in [1.165, 1.54) is 19.3 Å². The predicted octanol–water partition coefficient (Wildman–Crippen LogP) is 2.92. The molecule has 1 N–H and O–H groups in total. The molecule has 5 heteroatoms. The van der Waals surface area contributed by atoms with Gasteiger partial charge in [0.15, 0.2) is 0 Å². The second-order valence-electron chi connectivity index (χ2n) is 5.84. The lowest BCUT2D eigenvalue weighted by Gasteiger charge is -2.33. The highest BCUT2D eigenvalue weighted by Crippen LogP contribution is 2.21. The van der Waals surface area contributed by atoms with Crippen molar-refractivity contribution in [3.8, 4) is 0 Å². The quantitative estimate of drug-likeness (QED) is 0.771. The molecule has 18 heavy (non-hydrogen) atoms. The average Bonchev–Trinajstić information content (AvgIpc) is 2.25. The van der Waals surface area contributed by atoms with Crippen molar-refractivity contribution in [2.75, 3.05) is 13.1 Å². The number of azo groups is 1. The van der Waals surface area contributed by atoms with Gasteiger partial charge >= 0.3 is 6.03 Å². The number of carbonyl (C=O) groups excluding carboxylic acids is 1. The number of nitrogens with one attached hydrogen (secondary N) is 1. The number of urea groups is 1. The molecule has 1 heterocycles. The summed E-state index contributed by atoms with van der Waals surface area (Å²) in [6.45, 7) is 5.53. The Labute approximate surface area is 109 Å². The Morgan fingerprint density at radius 3 is 2.39 bits per heavy atom. The summed E-state index contributed by atoms with van der Waals surface area (Å²) in [5, 5.41) is 11.7. The summed E-state index contributed by atoms with van der Waals surface area (Å²) < 4.78 is 0. The first-order valence-electron chi connectivity index (χ1n) is 7.06. The van der Waals surface area contributed by atoms with Crippen LogP contribution in [0.3, 0.4) is 0 Å². The maximum atomic E-state index is 11.8. The number of hydrogen-bond acceptors (Lipinski definition) is 3. The number of rotatable bonds is 3. The molecule has 1 saturated heterocycles. The first kappa shape index (κ1) is 13.3. The number of likely N-dealkylation sites (tertiary alicyclic amines) is 1. The molecule has 0 bridgehead atoms. The second-order valence-corrected chi connectivity index (χ2v) is 5.84. The minimum Gasteiger partial charge on any atom is -0.325 e. The standard InChI is InChI=1S/C13H24N4O/c1-13(2,14-12(18)17-9-6-10-17)16-15-11-7-4-3-5-8-11/h11H,3-10H2,1-2H3,(H,14,18)/b16-15+. The summed E-state index contributed by atoms with van der Waals surface area (Å²) in [7, 11) is 0. The second kappa shape index (κ2) is 5.67. The molecule has 2 amide bonds. The van der Waals surface area contributed by atoms with E-state index in [0.29, 0.717) is 6.04 Å². The van der Waals surface area contributed by atoms with Crippen LogP contribution in [0.25, 0.3) is 0 Å². The van der Waals surface area contributed by atoms with E-state index in [-0.39, 0.29) is 6.03 Å². The topological polar surface area (TPSA) is 57.1 Å². The maximum absolute atomic E-state index is 11.8. The molecule has 102 valence electrons. The Morgan fingerprint density at radius 2 is 1.83 bits per heavy atom. The van der Waals surface area contributed by atoms with Crippen molar-refractivity contribution in [1.82, 2.24) is 10.2 Å². The molecule has 0 radical (unpaired) electrons. The van der Waals surface area contributed by atoms with E-state index in [1.54, 1.807) is 4.90 Å². The lowest BCUT2D eigenvalue weighted by atomic mass is 9.96. The van der Waals surface area contributed by atoms with Gasteiger partial charge in [-0.15, -0.1) is 0 Å². The highest BCUT2D eigenvalue weighted by Gasteiger charge is 2.26. The van der Waals surface area contributed by atoms with Gasteiger partial charge in [-0.25, -0.2) is 4.79 Å². The summed E-state index contributed by atoms with van der Waals surface area (Å²) in [5.74, 6) is 0. The smallest absolute Gasteiger partial charge is 0.319 e. The Hall–Kier alpha value is -1.13. The number of carbonyl (C=O) groups is 1. The van der Waals surface area contributed by atoms with Crippen LogP contribution in [0.1, 0.15) is 52.4 Å². The number of nitrogens with zero attached hydrogens (tertiary/aromatic N) is 3. The zero-order valence-electron chi connectivity index (χ0n) is 11.5. The summed E-state index contributed by atoms with van der Waals surface area (Å²) in [5.41, 5.74) is -0.593. The molecule has 1 aliphatic carbocycles. The van der Waals surface area contributed by atoms with Crippen molar-refractivity contribution in [1.29, 1.82) is 0 Å². The zero-order valence-corrected chi connectivity index (χ0v) is 11.5. The van der Waals surface area contributed by atoms with Gasteiger partial charge in [-0.1, -0.05) is 19.3 Å². The summed E-state index contributed by atoms with van der Waals surface area (Å²) in [6, 6.07) is 0.341. The van der Waals surface area contributed by atoms with Gasteiger partial charge < -0.3 is 10.2 Å². The van der Waals surface area contributed by atoms with Gasteiger partial charge in [0.25, 0.3) is 0 Å². The lowest BCUT2D eigenvalue weighted by molar-refractivity contribution is 0.157. The fourth-order valence-electron chi connectivity index (χ4n) is 2.31. The third-order valence-electron chi connectivity index (χ3n) is 3.60. The zero-order chi connectivity index (χ0) is 13.0. The highest BCUT2D eigenvalue weighted by molar-refractivity contribution is 5.75. The molecule has 1 saturated carbocycles. The molecule has 5 nitrogen and oxygen atoms in total. The molecule has 2 rings (SSSR count). The molecule has 0 atom stereocenters. The van der Waals surface area contributed by atoms with Crippen molar-refractivity contribution < 1.29 is 4.79 Å². The molecule has 0 spiro atoms. The lowest BCUT2D eigenvalue weighted by Crippen LogP contribution is -2.53. The average molecular weight is 252 g/mol. The van der Waals surface area contributed by atoms with Crippen LogP contribution >= 0.6 is 0 Å². The van der Waals surface area contributed by atoms with Crippen molar-refractivity contribution in [3.63, 3.8) is 0 Å². The third-order valence-corrected chi connectivity index (χ3v) is 3.60. The van der Waals surface area contributed by atoms with E-state index in [9.17, 15) is 4.79 Å².